The van der Waals surface area contributed by atoms with E-state index in [0.717, 1.165) is 21.3 Å². The van der Waals surface area contributed by atoms with Crippen LogP contribution < -0.4 is 10.0 Å². The Hall–Kier alpha value is -3.60. The number of aromatic nitrogens is 4. The van der Waals surface area contributed by atoms with Crippen LogP contribution in [0.25, 0.3) is 21.3 Å². The molecule has 0 spiro atoms. The van der Waals surface area contributed by atoms with Crippen molar-refractivity contribution in [2.24, 2.45) is 0 Å². The van der Waals surface area contributed by atoms with Gasteiger partial charge in [0, 0.05) is 16.6 Å². The number of nitrogens with zero attached hydrogens (tertiary/aromatic N) is 4. The molecule has 0 aliphatic carbocycles. The molecule has 0 aliphatic rings. The normalized spacial score (nSPS) is 11.5. The van der Waals surface area contributed by atoms with Crippen molar-refractivity contribution in [2.45, 2.75) is 18.7 Å². The van der Waals surface area contributed by atoms with Crippen molar-refractivity contribution in [3.8, 4) is 11.1 Å². The minimum atomic E-state index is -3.84. The van der Waals surface area contributed by atoms with E-state index in [1.165, 1.54) is 41.7 Å². The van der Waals surface area contributed by atoms with Gasteiger partial charge in [0.15, 0.2) is 11.0 Å². The van der Waals surface area contributed by atoms with Crippen LogP contribution in [0.2, 0.25) is 5.15 Å². The molecule has 8 nitrogen and oxygen atoms in total. The molecule has 35 heavy (non-hydrogen) atoms. The summed E-state index contributed by atoms with van der Waals surface area (Å²) >= 11 is 7.26. The number of hydrogen-bond donors (Lipinski definition) is 2. The van der Waals surface area contributed by atoms with Gasteiger partial charge in [-0.3, -0.25) is 4.72 Å². The lowest BCUT2D eigenvalue weighted by Crippen LogP contribution is -2.14. The number of sulfonamides is 1. The molecule has 2 N–H and O–H groups in total. The fraction of sp³-hybridized carbons (Fsp3) is 0.0833. The Morgan fingerprint density at radius 1 is 0.914 bits per heavy atom. The first-order chi connectivity index (χ1) is 16.8. The van der Waals surface area contributed by atoms with Gasteiger partial charge in [0.2, 0.25) is 0 Å². The second-order valence-corrected chi connectivity index (χ2v) is 10.8. The van der Waals surface area contributed by atoms with Gasteiger partial charge in [-0.2, -0.15) is 0 Å². The van der Waals surface area contributed by atoms with E-state index in [1.807, 2.05) is 0 Å². The van der Waals surface area contributed by atoms with Crippen molar-refractivity contribution in [2.75, 3.05) is 10.0 Å². The summed E-state index contributed by atoms with van der Waals surface area (Å²) in [6.45, 7) is 4.18. The van der Waals surface area contributed by atoms with Crippen LogP contribution >= 0.6 is 22.9 Å². The minimum absolute atomic E-state index is 0.0799. The Kier molecular flexibility index (Phi) is 6.10. The average Bonchev–Trinajstić information content (AvgIpc) is 3.28. The smallest absolute Gasteiger partial charge is 0.263 e. The van der Waals surface area contributed by atoms with Crippen molar-refractivity contribution in [1.29, 1.82) is 0 Å². The van der Waals surface area contributed by atoms with Crippen LogP contribution in [0.5, 0.6) is 0 Å². The molecule has 0 unspecified atom stereocenters. The van der Waals surface area contributed by atoms with Gasteiger partial charge < -0.3 is 5.32 Å². The molecule has 0 saturated carbocycles. The summed E-state index contributed by atoms with van der Waals surface area (Å²) in [5.74, 6) is 0.728. The molecule has 3 aromatic heterocycles. The van der Waals surface area contributed by atoms with Crippen LogP contribution in [0.1, 0.15) is 11.1 Å². The Bertz CT molecular complexity index is 1640. The van der Waals surface area contributed by atoms with Gasteiger partial charge >= 0.3 is 0 Å². The third kappa shape index (κ3) is 4.81. The Morgan fingerprint density at radius 2 is 1.71 bits per heavy atom. The molecule has 0 saturated heterocycles. The van der Waals surface area contributed by atoms with Gasteiger partial charge in [0.25, 0.3) is 10.0 Å². The van der Waals surface area contributed by atoms with Crippen molar-refractivity contribution in [1.82, 2.24) is 20.2 Å². The molecule has 2 aromatic carbocycles. The van der Waals surface area contributed by atoms with Crippen LogP contribution in [-0.2, 0) is 10.0 Å². The lowest BCUT2D eigenvalue weighted by atomic mass is 10.0. The summed E-state index contributed by atoms with van der Waals surface area (Å²) in [6.07, 6.45) is 1.52. The fourth-order valence-corrected chi connectivity index (χ4v) is 5.53. The number of thiophene rings is 1. The summed E-state index contributed by atoms with van der Waals surface area (Å²) in [4.78, 5) is 9.83. The van der Waals surface area contributed by atoms with Crippen molar-refractivity contribution in [3.05, 3.63) is 82.6 Å². The fourth-order valence-electron chi connectivity index (χ4n) is 3.51. The van der Waals surface area contributed by atoms with Crippen molar-refractivity contribution < 1.29 is 8.42 Å². The molecule has 5 aromatic rings. The molecule has 0 amide bonds. The largest absolute Gasteiger partial charge is 0.340 e. The average molecular weight is 523 g/mol. The number of anilines is 3. The summed E-state index contributed by atoms with van der Waals surface area (Å²) in [5, 5.41) is 13.9. The molecular weight excluding hydrogens is 504 g/mol. The molecule has 0 aliphatic heterocycles. The standard InChI is InChI=1S/C24H19ClN6O2S2/c1-14-3-4-16(11-15(14)2)19-12-34-24-22(19)23(26-13-27-24)28-17-5-7-18(8-6-17)35(32,33)31-21-10-9-20(25)29-30-21/h3-13H,1-2H3,(H,30,31)(H,26,27,28). The highest BCUT2D eigenvalue weighted by Crippen LogP contribution is 2.38. The molecule has 5 rings (SSSR count). The zero-order chi connectivity index (χ0) is 24.6. The summed E-state index contributed by atoms with van der Waals surface area (Å²) in [5.41, 5.74) is 5.27. The molecule has 3 heterocycles. The maximum atomic E-state index is 12.7. The number of halogens is 1. The molecule has 176 valence electrons. The number of hydrogen-bond acceptors (Lipinski definition) is 8. The van der Waals surface area contributed by atoms with E-state index in [1.54, 1.807) is 23.5 Å². The first-order valence-electron chi connectivity index (χ1n) is 10.5. The van der Waals surface area contributed by atoms with Gasteiger partial charge in [-0.1, -0.05) is 29.8 Å². The first-order valence-corrected chi connectivity index (χ1v) is 13.2. The molecule has 0 radical (unpaired) electrons. The zero-order valence-corrected chi connectivity index (χ0v) is 21.0. The van der Waals surface area contributed by atoms with Gasteiger partial charge in [0.1, 0.15) is 17.0 Å². The number of benzene rings is 2. The van der Waals surface area contributed by atoms with Crippen molar-refractivity contribution >= 4 is 60.5 Å². The van der Waals surface area contributed by atoms with Gasteiger partial charge in [-0.05, 0) is 66.9 Å². The predicted molar refractivity (Wildman–Crippen MR) is 140 cm³/mol. The molecule has 0 atom stereocenters. The van der Waals surface area contributed by atoms with E-state index < -0.39 is 10.0 Å². The van der Waals surface area contributed by atoms with Crippen LogP contribution in [0.15, 0.2) is 71.2 Å². The number of fused-ring (bicyclic) bond motifs is 1. The second-order valence-electron chi connectivity index (χ2n) is 7.85. The van der Waals surface area contributed by atoms with E-state index in [4.69, 9.17) is 11.6 Å². The van der Waals surface area contributed by atoms with E-state index >= 15 is 0 Å². The number of nitrogens with one attached hydrogen (secondary N) is 2. The highest BCUT2D eigenvalue weighted by atomic mass is 35.5. The second kappa shape index (κ2) is 9.21. The van der Waals surface area contributed by atoms with Gasteiger partial charge in [-0.25, -0.2) is 18.4 Å². The highest BCUT2D eigenvalue weighted by Gasteiger charge is 2.17. The minimum Gasteiger partial charge on any atom is -0.340 e. The lowest BCUT2D eigenvalue weighted by Gasteiger charge is -2.11. The predicted octanol–water partition coefficient (Wildman–Crippen LogP) is 5.96. The van der Waals surface area contributed by atoms with Gasteiger partial charge in [0.05, 0.1) is 10.3 Å². The lowest BCUT2D eigenvalue weighted by molar-refractivity contribution is 0.601. The highest BCUT2D eigenvalue weighted by molar-refractivity contribution is 7.92. The summed E-state index contributed by atoms with van der Waals surface area (Å²) in [6, 6.07) is 15.6. The SMILES string of the molecule is Cc1ccc(-c2csc3ncnc(Nc4ccc(S(=O)(=O)Nc5ccc(Cl)nn5)cc4)c23)cc1C. The van der Waals surface area contributed by atoms with E-state index in [9.17, 15) is 8.42 Å². The Morgan fingerprint density at radius 3 is 2.43 bits per heavy atom. The summed E-state index contributed by atoms with van der Waals surface area (Å²) in [7, 11) is -3.84. The van der Waals surface area contributed by atoms with E-state index in [-0.39, 0.29) is 15.9 Å². The molecular formula is C24H19ClN6O2S2. The molecule has 0 fully saturated rings. The Labute approximate surface area is 211 Å². The third-order valence-electron chi connectivity index (χ3n) is 5.49. The number of rotatable bonds is 6. The zero-order valence-electron chi connectivity index (χ0n) is 18.7. The van der Waals surface area contributed by atoms with Crippen LogP contribution in [-0.4, -0.2) is 28.6 Å². The molecule has 11 heteroatoms. The van der Waals surface area contributed by atoms with Crippen LogP contribution in [0.3, 0.4) is 0 Å². The van der Waals surface area contributed by atoms with Crippen LogP contribution in [0, 0.1) is 13.8 Å². The quantitative estimate of drug-likeness (QED) is 0.283. The topological polar surface area (TPSA) is 110 Å². The Balaban J connectivity index is 1.43. The number of aryl methyl sites for hydroxylation is 2. The maximum absolute atomic E-state index is 12.7. The van der Waals surface area contributed by atoms with Crippen LogP contribution in [0.4, 0.5) is 17.3 Å². The maximum Gasteiger partial charge on any atom is 0.263 e. The monoisotopic (exact) mass is 522 g/mol. The summed E-state index contributed by atoms with van der Waals surface area (Å²) < 4.78 is 27.8. The van der Waals surface area contributed by atoms with Crippen molar-refractivity contribution in [3.63, 3.8) is 0 Å². The third-order valence-corrected chi connectivity index (χ3v) is 7.95. The van der Waals surface area contributed by atoms with E-state index in [2.05, 4.69) is 67.6 Å². The van der Waals surface area contributed by atoms with E-state index in [0.29, 0.717) is 11.5 Å². The first kappa shape index (κ1) is 23.2. The van der Waals surface area contributed by atoms with Gasteiger partial charge in [-0.15, -0.1) is 21.5 Å². The molecule has 0 bridgehead atoms.